The first-order valence-electron chi connectivity index (χ1n) is 7.34. The predicted octanol–water partition coefficient (Wildman–Crippen LogP) is 5.19. The number of nitrogens with zero attached hydrogens (tertiary/aromatic N) is 1. The lowest BCUT2D eigenvalue weighted by Crippen LogP contribution is -2.46. The van der Waals surface area contributed by atoms with E-state index in [0.29, 0.717) is 29.4 Å². The molecule has 1 amide bonds. The van der Waals surface area contributed by atoms with Crippen molar-refractivity contribution >= 4 is 27.7 Å². The molecule has 6 heteroatoms. The Morgan fingerprint density at radius 2 is 2.09 bits per heavy atom. The fourth-order valence-electron chi connectivity index (χ4n) is 2.68. The first-order valence-corrected chi connectivity index (χ1v) is 8.13. The number of hydrogen-bond donors (Lipinski definition) is 0. The maximum atomic E-state index is 14.1. The maximum Gasteiger partial charge on any atom is 0.415 e. The van der Waals surface area contributed by atoms with Gasteiger partial charge in [0.2, 0.25) is 0 Å². The van der Waals surface area contributed by atoms with Crippen LogP contribution in [0.15, 0.2) is 10.5 Å². The van der Waals surface area contributed by atoms with Crippen molar-refractivity contribution in [3.63, 3.8) is 0 Å². The molecule has 22 heavy (non-hydrogen) atoms. The van der Waals surface area contributed by atoms with E-state index in [1.165, 1.54) is 4.90 Å². The standard InChI is InChI=1S/C16H20BrF2NO2/c1-5-9-6-7-10-13(19)12(18)8-11(17)14(10)20(9)15(21)22-16(2,3)4/h8-9H,5-7H2,1-4H3. The minimum absolute atomic E-state index is 0.0940. The monoisotopic (exact) mass is 375 g/mol. The summed E-state index contributed by atoms with van der Waals surface area (Å²) in [5, 5.41) is 0. The molecule has 0 aromatic heterocycles. The molecule has 3 nitrogen and oxygen atoms in total. The smallest absolute Gasteiger partial charge is 0.415 e. The number of carbonyl (C=O) groups is 1. The third-order valence-electron chi connectivity index (χ3n) is 3.64. The van der Waals surface area contributed by atoms with E-state index in [1.807, 2.05) is 6.92 Å². The Bertz CT molecular complexity index is 599. The highest BCUT2D eigenvalue weighted by molar-refractivity contribution is 9.10. The van der Waals surface area contributed by atoms with Crippen LogP contribution >= 0.6 is 15.9 Å². The summed E-state index contributed by atoms with van der Waals surface area (Å²) in [7, 11) is 0. The average Bonchev–Trinajstić information content (AvgIpc) is 2.41. The fourth-order valence-corrected chi connectivity index (χ4v) is 3.32. The zero-order chi connectivity index (χ0) is 16.7. The molecule has 0 bridgehead atoms. The molecule has 1 heterocycles. The second-order valence-corrected chi connectivity index (χ2v) is 7.29. The lowest BCUT2D eigenvalue weighted by atomic mass is 9.94. The van der Waals surface area contributed by atoms with Gasteiger partial charge in [0.15, 0.2) is 11.6 Å². The zero-order valence-electron chi connectivity index (χ0n) is 13.2. The minimum Gasteiger partial charge on any atom is -0.443 e. The summed E-state index contributed by atoms with van der Waals surface area (Å²) in [6, 6.07) is 0.965. The van der Waals surface area contributed by atoms with E-state index in [9.17, 15) is 13.6 Å². The lowest BCUT2D eigenvalue weighted by Gasteiger charge is -2.38. The highest BCUT2D eigenvalue weighted by Gasteiger charge is 2.36. The lowest BCUT2D eigenvalue weighted by molar-refractivity contribution is 0.0559. The van der Waals surface area contributed by atoms with Crippen LogP contribution in [0.5, 0.6) is 0 Å². The van der Waals surface area contributed by atoms with Crippen LogP contribution in [0, 0.1) is 11.6 Å². The van der Waals surface area contributed by atoms with Crippen LogP contribution in [-0.2, 0) is 11.2 Å². The summed E-state index contributed by atoms with van der Waals surface area (Å²) in [4.78, 5) is 14.0. The van der Waals surface area contributed by atoms with Crippen LogP contribution in [0.2, 0.25) is 0 Å². The van der Waals surface area contributed by atoms with E-state index in [0.717, 1.165) is 6.07 Å². The summed E-state index contributed by atoms with van der Waals surface area (Å²) >= 11 is 3.26. The minimum atomic E-state index is -0.912. The number of amides is 1. The Hall–Kier alpha value is -1.17. The van der Waals surface area contributed by atoms with Crippen molar-refractivity contribution in [2.75, 3.05) is 4.90 Å². The highest BCUT2D eigenvalue weighted by Crippen LogP contribution is 2.41. The Labute approximate surface area is 137 Å². The van der Waals surface area contributed by atoms with Crippen LogP contribution in [0.3, 0.4) is 0 Å². The Balaban J connectivity index is 2.53. The van der Waals surface area contributed by atoms with Crippen molar-refractivity contribution in [3.8, 4) is 0 Å². The first-order chi connectivity index (χ1) is 10.2. The number of halogens is 3. The van der Waals surface area contributed by atoms with E-state index >= 15 is 0 Å². The summed E-state index contributed by atoms with van der Waals surface area (Å²) < 4.78 is 33.5. The SMILES string of the molecule is CCC1CCc2c(F)c(F)cc(Br)c2N1C(=O)OC(C)(C)C. The van der Waals surface area contributed by atoms with Gasteiger partial charge in [-0.2, -0.15) is 0 Å². The molecule has 0 N–H and O–H groups in total. The molecule has 0 fully saturated rings. The largest absolute Gasteiger partial charge is 0.443 e. The average molecular weight is 376 g/mol. The highest BCUT2D eigenvalue weighted by atomic mass is 79.9. The van der Waals surface area contributed by atoms with Gasteiger partial charge in [-0.05, 0) is 62.0 Å². The van der Waals surface area contributed by atoms with Crippen LogP contribution < -0.4 is 4.90 Å². The molecule has 1 aromatic carbocycles. The van der Waals surface area contributed by atoms with E-state index in [2.05, 4.69) is 15.9 Å². The summed E-state index contributed by atoms with van der Waals surface area (Å²) in [5.74, 6) is -1.80. The molecular weight excluding hydrogens is 356 g/mol. The van der Waals surface area contributed by atoms with Gasteiger partial charge in [0, 0.05) is 16.1 Å². The number of anilines is 1. The fraction of sp³-hybridized carbons (Fsp3) is 0.562. The van der Waals surface area contributed by atoms with Crippen molar-refractivity contribution in [1.29, 1.82) is 0 Å². The van der Waals surface area contributed by atoms with Crippen molar-refractivity contribution in [2.45, 2.75) is 58.6 Å². The molecule has 0 saturated heterocycles. The molecule has 1 aliphatic rings. The Kier molecular flexibility index (Phi) is 4.80. The number of ether oxygens (including phenoxy) is 1. The van der Waals surface area contributed by atoms with Crippen LogP contribution in [-0.4, -0.2) is 17.7 Å². The van der Waals surface area contributed by atoms with Crippen molar-refractivity contribution in [3.05, 3.63) is 27.7 Å². The quantitative estimate of drug-likeness (QED) is 0.631. The normalized spacial score (nSPS) is 18.1. The molecule has 0 radical (unpaired) electrons. The van der Waals surface area contributed by atoms with E-state index < -0.39 is 23.3 Å². The van der Waals surface area contributed by atoms with Crippen molar-refractivity contribution in [1.82, 2.24) is 0 Å². The molecule has 122 valence electrons. The van der Waals surface area contributed by atoms with E-state index in [-0.39, 0.29) is 11.6 Å². The topological polar surface area (TPSA) is 29.5 Å². The predicted molar refractivity (Wildman–Crippen MR) is 85.2 cm³/mol. The van der Waals surface area contributed by atoms with Gasteiger partial charge in [0.1, 0.15) is 5.60 Å². The van der Waals surface area contributed by atoms with Gasteiger partial charge in [0.25, 0.3) is 0 Å². The molecular formula is C16H20BrF2NO2. The molecule has 0 aliphatic carbocycles. The second kappa shape index (κ2) is 6.14. The Morgan fingerprint density at radius 1 is 1.45 bits per heavy atom. The van der Waals surface area contributed by atoms with E-state index in [1.54, 1.807) is 20.8 Å². The first kappa shape index (κ1) is 17.2. The molecule has 2 rings (SSSR count). The maximum absolute atomic E-state index is 14.1. The number of rotatable bonds is 1. The second-order valence-electron chi connectivity index (χ2n) is 6.43. The zero-order valence-corrected chi connectivity index (χ0v) is 14.8. The molecule has 1 atom stereocenters. The third kappa shape index (κ3) is 3.26. The van der Waals surface area contributed by atoms with Crippen molar-refractivity contribution < 1.29 is 18.3 Å². The molecule has 0 saturated carbocycles. The third-order valence-corrected chi connectivity index (χ3v) is 4.24. The number of hydrogen-bond acceptors (Lipinski definition) is 2. The van der Waals surface area contributed by atoms with Gasteiger partial charge in [0.05, 0.1) is 5.69 Å². The molecule has 1 aliphatic heterocycles. The summed E-state index contributed by atoms with van der Waals surface area (Å²) in [5.41, 5.74) is -0.0495. The summed E-state index contributed by atoms with van der Waals surface area (Å²) in [6.07, 6.45) is 1.15. The van der Waals surface area contributed by atoms with Gasteiger partial charge in [-0.25, -0.2) is 13.6 Å². The molecule has 1 unspecified atom stereocenters. The van der Waals surface area contributed by atoms with Gasteiger partial charge in [-0.3, -0.25) is 4.90 Å². The van der Waals surface area contributed by atoms with Crippen LogP contribution in [0.4, 0.5) is 19.3 Å². The van der Waals surface area contributed by atoms with Gasteiger partial charge < -0.3 is 4.74 Å². The van der Waals surface area contributed by atoms with Gasteiger partial charge >= 0.3 is 6.09 Å². The van der Waals surface area contributed by atoms with Crippen molar-refractivity contribution in [2.24, 2.45) is 0 Å². The number of carbonyl (C=O) groups excluding carboxylic acids is 1. The Morgan fingerprint density at radius 3 is 2.64 bits per heavy atom. The van der Waals surface area contributed by atoms with E-state index in [4.69, 9.17) is 4.74 Å². The van der Waals surface area contributed by atoms with Gasteiger partial charge in [-0.1, -0.05) is 6.92 Å². The summed E-state index contributed by atoms with van der Waals surface area (Å²) in [6.45, 7) is 7.28. The number of benzene rings is 1. The molecule has 0 spiro atoms. The van der Waals surface area contributed by atoms with Crippen LogP contribution in [0.1, 0.15) is 46.1 Å². The van der Waals surface area contributed by atoms with Gasteiger partial charge in [-0.15, -0.1) is 0 Å². The van der Waals surface area contributed by atoms with Crippen LogP contribution in [0.25, 0.3) is 0 Å². The molecule has 1 aromatic rings. The number of fused-ring (bicyclic) bond motifs is 1.